The van der Waals surface area contributed by atoms with Gasteiger partial charge in [-0.3, -0.25) is 9.69 Å². The van der Waals surface area contributed by atoms with Crippen molar-refractivity contribution in [1.29, 1.82) is 0 Å². The zero-order valence-corrected chi connectivity index (χ0v) is 21.1. The van der Waals surface area contributed by atoms with E-state index in [0.29, 0.717) is 17.2 Å². The van der Waals surface area contributed by atoms with Crippen molar-refractivity contribution in [1.82, 2.24) is 20.1 Å². The van der Waals surface area contributed by atoms with Gasteiger partial charge in [-0.15, -0.1) is 0 Å². The van der Waals surface area contributed by atoms with E-state index in [4.69, 9.17) is 17.0 Å². The summed E-state index contributed by atoms with van der Waals surface area (Å²) in [6.45, 7) is 11.7. The molecule has 34 heavy (non-hydrogen) atoms. The number of aromatic nitrogens is 1. The molecule has 0 spiro atoms. The maximum Gasteiger partial charge on any atom is 0.253 e. The number of H-pyrrole nitrogens is 1. The lowest BCUT2D eigenvalue weighted by Gasteiger charge is -2.32. The number of hydrogen-bond acceptors (Lipinski definition) is 4. The average Bonchev–Trinajstić information content (AvgIpc) is 2.84. The molecule has 0 radical (unpaired) electrons. The molecule has 180 valence electrons. The van der Waals surface area contributed by atoms with Crippen LogP contribution in [0.3, 0.4) is 0 Å². The third-order valence-corrected chi connectivity index (χ3v) is 6.99. The van der Waals surface area contributed by atoms with Crippen LogP contribution in [0.4, 0.5) is 0 Å². The van der Waals surface area contributed by atoms with Gasteiger partial charge in [-0.25, -0.2) is 0 Å². The summed E-state index contributed by atoms with van der Waals surface area (Å²) in [4.78, 5) is 20.5. The van der Waals surface area contributed by atoms with Crippen LogP contribution in [0.2, 0.25) is 0 Å². The Morgan fingerprint density at radius 2 is 1.85 bits per heavy atom. The van der Waals surface area contributed by atoms with E-state index < -0.39 is 0 Å². The third-order valence-electron chi connectivity index (χ3n) is 6.61. The second-order valence-electron chi connectivity index (χ2n) is 9.10. The molecule has 1 fully saturated rings. The van der Waals surface area contributed by atoms with Crippen molar-refractivity contribution in [2.45, 2.75) is 33.4 Å². The van der Waals surface area contributed by atoms with Crippen LogP contribution in [0.1, 0.15) is 35.2 Å². The van der Waals surface area contributed by atoms with E-state index in [1.165, 1.54) is 16.7 Å². The Morgan fingerprint density at radius 3 is 2.59 bits per heavy atom. The maximum absolute atomic E-state index is 13.0. The Kier molecular flexibility index (Phi) is 7.98. The Balaban J connectivity index is 1.55. The lowest BCUT2D eigenvalue weighted by molar-refractivity contribution is 0.0357. The highest BCUT2D eigenvalue weighted by Crippen LogP contribution is 2.18. The highest BCUT2D eigenvalue weighted by molar-refractivity contribution is 7.80. The van der Waals surface area contributed by atoms with Gasteiger partial charge in [-0.2, -0.15) is 0 Å². The summed E-state index contributed by atoms with van der Waals surface area (Å²) in [7, 11) is 0. The van der Waals surface area contributed by atoms with Gasteiger partial charge in [-0.05, 0) is 73.3 Å². The zero-order chi connectivity index (χ0) is 24.1. The Hall–Kier alpha value is -2.74. The quantitative estimate of drug-likeness (QED) is 0.502. The molecule has 0 amide bonds. The number of ether oxygens (including phenoxy) is 1. The van der Waals surface area contributed by atoms with Crippen LogP contribution < -0.4 is 10.9 Å². The molecular formula is C27H34N4O2S. The van der Waals surface area contributed by atoms with Gasteiger partial charge >= 0.3 is 0 Å². The van der Waals surface area contributed by atoms with Gasteiger partial charge in [0.2, 0.25) is 0 Å². The first-order chi connectivity index (χ1) is 16.4. The first-order valence-corrected chi connectivity index (χ1v) is 12.3. The minimum absolute atomic E-state index is 0.0639. The average molecular weight is 479 g/mol. The van der Waals surface area contributed by atoms with Crippen molar-refractivity contribution in [2.24, 2.45) is 0 Å². The molecule has 7 heteroatoms. The topological polar surface area (TPSA) is 60.6 Å². The van der Waals surface area contributed by atoms with Crippen molar-refractivity contribution >= 4 is 28.2 Å². The van der Waals surface area contributed by atoms with Crippen LogP contribution >= 0.6 is 12.2 Å². The standard InChI is InChI=1S/C27H34N4O2S/c1-19-15-23-17-24(26(32)29-25(23)16-20(19)2)18-31(10-9-30-11-13-33-14-12-30)27(34)28-21(3)22-7-5-4-6-8-22/h4-8,15-17,21H,9-14,18H2,1-3H3,(H,28,34)(H,29,32). The van der Waals surface area contributed by atoms with Crippen LogP contribution in [-0.4, -0.2) is 59.3 Å². The summed E-state index contributed by atoms with van der Waals surface area (Å²) in [6, 6.07) is 16.5. The van der Waals surface area contributed by atoms with Crippen LogP contribution in [-0.2, 0) is 11.3 Å². The monoisotopic (exact) mass is 478 g/mol. The number of rotatable bonds is 7. The fraction of sp³-hybridized carbons (Fsp3) is 0.407. The van der Waals surface area contributed by atoms with E-state index in [2.05, 4.69) is 59.1 Å². The van der Waals surface area contributed by atoms with E-state index in [-0.39, 0.29) is 11.6 Å². The Morgan fingerprint density at radius 1 is 1.15 bits per heavy atom. The number of nitrogens with zero attached hydrogens (tertiary/aromatic N) is 2. The molecule has 6 nitrogen and oxygen atoms in total. The Bertz CT molecular complexity index is 1190. The van der Waals surface area contributed by atoms with E-state index in [1.54, 1.807) is 0 Å². The largest absolute Gasteiger partial charge is 0.379 e. The molecule has 1 aliphatic rings. The summed E-state index contributed by atoms with van der Waals surface area (Å²) in [5, 5.41) is 5.18. The zero-order valence-electron chi connectivity index (χ0n) is 20.3. The number of hydrogen-bond donors (Lipinski definition) is 2. The number of aromatic amines is 1. The van der Waals surface area contributed by atoms with Crippen molar-refractivity contribution < 1.29 is 4.74 Å². The SMILES string of the molecule is Cc1cc2cc(CN(CCN3CCOCC3)C(=S)NC(C)c3ccccc3)c(=O)[nH]c2cc1C. The van der Waals surface area contributed by atoms with E-state index in [1.807, 2.05) is 30.3 Å². The van der Waals surface area contributed by atoms with Gasteiger partial charge in [0.05, 0.1) is 25.8 Å². The van der Waals surface area contributed by atoms with Crippen LogP contribution in [0.25, 0.3) is 10.9 Å². The molecule has 0 aliphatic carbocycles. The van der Waals surface area contributed by atoms with Gasteiger partial charge in [-0.1, -0.05) is 30.3 Å². The molecule has 1 unspecified atom stereocenters. The second-order valence-corrected chi connectivity index (χ2v) is 9.49. The van der Waals surface area contributed by atoms with Crippen LogP contribution in [0, 0.1) is 13.8 Å². The predicted molar refractivity (Wildman–Crippen MR) is 142 cm³/mol. The van der Waals surface area contributed by atoms with Crippen LogP contribution in [0.15, 0.2) is 53.3 Å². The van der Waals surface area contributed by atoms with E-state index >= 15 is 0 Å². The highest BCUT2D eigenvalue weighted by Gasteiger charge is 2.18. The first-order valence-electron chi connectivity index (χ1n) is 11.9. The molecule has 2 N–H and O–H groups in total. The number of morpholine rings is 1. The van der Waals surface area contributed by atoms with Crippen molar-refractivity contribution in [2.75, 3.05) is 39.4 Å². The molecule has 1 atom stereocenters. The van der Waals surface area contributed by atoms with Gasteiger partial charge in [0.25, 0.3) is 5.56 Å². The molecule has 1 aromatic heterocycles. The molecule has 0 bridgehead atoms. The second kappa shape index (κ2) is 11.1. The number of thiocarbonyl (C=S) groups is 1. The Labute approximate surface area is 206 Å². The smallest absolute Gasteiger partial charge is 0.253 e. The summed E-state index contributed by atoms with van der Waals surface area (Å²) in [5.74, 6) is 0. The first kappa shape index (κ1) is 24.4. The molecule has 2 aromatic carbocycles. The maximum atomic E-state index is 13.0. The molecule has 0 saturated carbocycles. The number of nitrogens with one attached hydrogen (secondary N) is 2. The predicted octanol–water partition coefficient (Wildman–Crippen LogP) is 3.91. The van der Waals surface area contributed by atoms with Gasteiger partial charge in [0.15, 0.2) is 5.11 Å². The molecule has 1 saturated heterocycles. The van der Waals surface area contributed by atoms with Gasteiger partial charge in [0.1, 0.15) is 0 Å². The summed E-state index contributed by atoms with van der Waals surface area (Å²) < 4.78 is 5.49. The van der Waals surface area contributed by atoms with E-state index in [9.17, 15) is 4.79 Å². The molecule has 3 aromatic rings. The highest BCUT2D eigenvalue weighted by atomic mass is 32.1. The minimum Gasteiger partial charge on any atom is -0.379 e. The van der Waals surface area contributed by atoms with Gasteiger partial charge < -0.3 is 19.9 Å². The lowest BCUT2D eigenvalue weighted by atomic mass is 10.0. The van der Waals surface area contributed by atoms with E-state index in [0.717, 1.165) is 50.3 Å². The summed E-state index contributed by atoms with van der Waals surface area (Å²) in [6.07, 6.45) is 0. The van der Waals surface area contributed by atoms with Crippen molar-refractivity contribution in [3.8, 4) is 0 Å². The number of fused-ring (bicyclic) bond motifs is 1. The third kappa shape index (κ3) is 6.03. The van der Waals surface area contributed by atoms with Crippen molar-refractivity contribution in [3.63, 3.8) is 0 Å². The summed E-state index contributed by atoms with van der Waals surface area (Å²) in [5.41, 5.74) is 5.08. The van der Waals surface area contributed by atoms with Crippen molar-refractivity contribution in [3.05, 3.63) is 81.1 Å². The molecule has 2 heterocycles. The molecule has 1 aliphatic heterocycles. The molecule has 4 rings (SSSR count). The normalized spacial score (nSPS) is 15.3. The lowest BCUT2D eigenvalue weighted by Crippen LogP contribution is -2.46. The summed E-state index contributed by atoms with van der Waals surface area (Å²) >= 11 is 5.85. The molecular weight excluding hydrogens is 444 g/mol. The fourth-order valence-electron chi connectivity index (χ4n) is 4.29. The number of benzene rings is 2. The fourth-order valence-corrected chi connectivity index (χ4v) is 4.62. The van der Waals surface area contributed by atoms with Gasteiger partial charge in [0, 0.05) is 37.3 Å². The van der Waals surface area contributed by atoms with Crippen LogP contribution in [0.5, 0.6) is 0 Å². The minimum atomic E-state index is -0.0639. The number of aryl methyl sites for hydroxylation is 2. The number of pyridine rings is 1.